The molecule has 0 spiro atoms. The molecule has 2 aliphatic rings. The zero-order valence-electron chi connectivity index (χ0n) is 23.7. The van der Waals surface area contributed by atoms with Gasteiger partial charge in [-0.25, -0.2) is 9.37 Å². The van der Waals surface area contributed by atoms with Crippen molar-refractivity contribution in [3.05, 3.63) is 82.9 Å². The third-order valence-corrected chi connectivity index (χ3v) is 8.70. The molecular weight excluding hydrogens is 616 g/mol. The average Bonchev–Trinajstić information content (AvgIpc) is 3.51. The molecule has 3 heterocycles. The lowest BCUT2D eigenvalue weighted by atomic mass is 9.81. The van der Waals surface area contributed by atoms with Gasteiger partial charge in [-0.3, -0.25) is 14.6 Å². The number of amides is 2. The topological polar surface area (TPSA) is 137 Å². The summed E-state index contributed by atoms with van der Waals surface area (Å²) >= 11 is 1.36. The van der Waals surface area contributed by atoms with Crippen LogP contribution in [0.3, 0.4) is 0 Å². The predicted molar refractivity (Wildman–Crippen MR) is 155 cm³/mol. The molecule has 2 atom stereocenters. The molecule has 4 aromatic rings. The van der Waals surface area contributed by atoms with Crippen LogP contribution in [-0.4, -0.2) is 52.3 Å². The first-order valence-electron chi connectivity index (χ1n) is 13.8. The molecule has 2 aromatic carbocycles. The number of hydrogen-bond acceptors (Lipinski definition) is 8. The third kappa shape index (κ3) is 5.59. The molecular formula is C31H26F4N4O5S. The maximum absolute atomic E-state index is 14.7. The molecule has 45 heavy (non-hydrogen) atoms. The van der Waals surface area contributed by atoms with Crippen LogP contribution in [0, 0.1) is 5.82 Å². The molecule has 1 aliphatic carbocycles. The summed E-state index contributed by atoms with van der Waals surface area (Å²) in [6.45, 7) is -0.223. The number of aromatic nitrogens is 2. The summed E-state index contributed by atoms with van der Waals surface area (Å²) in [5, 5.41) is 13.5. The van der Waals surface area contributed by atoms with Gasteiger partial charge < -0.3 is 25.6 Å². The lowest BCUT2D eigenvalue weighted by Crippen LogP contribution is -2.51. The molecule has 1 fully saturated rings. The Balaban J connectivity index is 1.37. The highest BCUT2D eigenvalue weighted by molar-refractivity contribution is 7.13. The standard InChI is InChI=1S/C31H26F4N4O5S/c1-29(28(36)41)14-43-26-21(29)11-24(39-25(26)16-2-5-18(32)6-3-16)30(42,31(33,34)35)13-38-27(40)17-4-9-20(23-12-37-15-45-23)22(10-17)44-19-7-8-19/h2-6,9-12,15,19,42H,7-8,13-14H2,1H3,(H2,36,41)(H,38,40)/t29-,30-/m0/s1. The average molecular weight is 643 g/mol. The maximum atomic E-state index is 14.7. The van der Waals surface area contributed by atoms with Gasteiger partial charge in [0.2, 0.25) is 11.5 Å². The van der Waals surface area contributed by atoms with Gasteiger partial charge in [-0.05, 0) is 68.3 Å². The number of carbonyl (C=O) groups is 2. The lowest BCUT2D eigenvalue weighted by molar-refractivity contribution is -0.265. The largest absolute Gasteiger partial charge is 0.490 e. The number of ether oxygens (including phenoxy) is 2. The molecule has 14 heteroatoms. The van der Waals surface area contributed by atoms with Crippen molar-refractivity contribution in [3.8, 4) is 33.2 Å². The summed E-state index contributed by atoms with van der Waals surface area (Å²) in [6.07, 6.45) is -2.06. The number of rotatable bonds is 9. The van der Waals surface area contributed by atoms with Crippen LogP contribution in [0.15, 0.2) is 60.2 Å². The van der Waals surface area contributed by atoms with E-state index >= 15 is 0 Å². The number of aliphatic hydroxyl groups is 1. The van der Waals surface area contributed by atoms with E-state index in [2.05, 4.69) is 15.3 Å². The van der Waals surface area contributed by atoms with Crippen molar-refractivity contribution < 1.29 is 41.7 Å². The third-order valence-electron chi connectivity index (χ3n) is 7.89. The minimum Gasteiger partial charge on any atom is -0.490 e. The van der Waals surface area contributed by atoms with Gasteiger partial charge in [-0.1, -0.05) is 0 Å². The first-order chi connectivity index (χ1) is 21.3. The predicted octanol–water partition coefficient (Wildman–Crippen LogP) is 4.87. The molecule has 4 N–H and O–H groups in total. The van der Waals surface area contributed by atoms with Crippen LogP contribution in [0.25, 0.3) is 21.7 Å². The number of carbonyl (C=O) groups excluding carboxylic acids is 2. The smallest absolute Gasteiger partial charge is 0.424 e. The van der Waals surface area contributed by atoms with Gasteiger partial charge in [0.1, 0.15) is 35.0 Å². The van der Waals surface area contributed by atoms with E-state index in [1.54, 1.807) is 17.8 Å². The summed E-state index contributed by atoms with van der Waals surface area (Å²) in [5.74, 6) is -2.02. The Morgan fingerprint density at radius 1 is 1.18 bits per heavy atom. The number of nitrogens with zero attached hydrogens (tertiary/aromatic N) is 2. The molecule has 234 valence electrons. The van der Waals surface area contributed by atoms with E-state index in [1.165, 1.54) is 42.5 Å². The summed E-state index contributed by atoms with van der Waals surface area (Å²) in [4.78, 5) is 34.6. The summed E-state index contributed by atoms with van der Waals surface area (Å²) in [7, 11) is 0. The van der Waals surface area contributed by atoms with E-state index in [4.69, 9.17) is 15.2 Å². The second kappa shape index (κ2) is 11.1. The molecule has 6 rings (SSSR count). The second-order valence-corrected chi connectivity index (χ2v) is 12.0. The fourth-order valence-electron chi connectivity index (χ4n) is 4.93. The minimum atomic E-state index is -5.35. The number of thiazole rings is 1. The van der Waals surface area contributed by atoms with Crippen LogP contribution >= 0.6 is 11.3 Å². The zero-order chi connectivity index (χ0) is 32.1. The number of nitrogens with two attached hydrogens (primary N) is 1. The molecule has 0 unspecified atom stereocenters. The summed E-state index contributed by atoms with van der Waals surface area (Å²) < 4.78 is 69.5. The maximum Gasteiger partial charge on any atom is 0.424 e. The van der Waals surface area contributed by atoms with Crippen LogP contribution < -0.4 is 20.5 Å². The first kappa shape index (κ1) is 30.5. The van der Waals surface area contributed by atoms with Crippen LogP contribution in [-0.2, 0) is 15.8 Å². The van der Waals surface area contributed by atoms with Crippen molar-refractivity contribution in [1.82, 2.24) is 15.3 Å². The number of primary amides is 1. The number of fused-ring (bicyclic) bond motifs is 1. The Kier molecular flexibility index (Phi) is 7.52. The van der Waals surface area contributed by atoms with Crippen molar-refractivity contribution in [2.45, 2.75) is 43.1 Å². The van der Waals surface area contributed by atoms with Crippen LogP contribution in [0.4, 0.5) is 17.6 Å². The highest BCUT2D eigenvalue weighted by Crippen LogP contribution is 2.48. The highest BCUT2D eigenvalue weighted by atomic mass is 32.1. The molecule has 0 radical (unpaired) electrons. The van der Waals surface area contributed by atoms with Crippen molar-refractivity contribution in [2.75, 3.05) is 13.2 Å². The monoisotopic (exact) mass is 642 g/mol. The SMILES string of the molecule is C[C@]1(C(N)=O)COc2c1cc([C@@](O)(CNC(=O)c1ccc(-c3cncs3)c(OC3CC3)c1)C(F)(F)F)nc2-c1ccc(F)cc1. The number of benzene rings is 2. The van der Waals surface area contributed by atoms with Gasteiger partial charge >= 0.3 is 6.18 Å². The molecule has 2 aromatic heterocycles. The fourth-order valence-corrected chi connectivity index (χ4v) is 5.58. The van der Waals surface area contributed by atoms with Crippen LogP contribution in [0.1, 0.15) is 41.4 Å². The zero-order valence-corrected chi connectivity index (χ0v) is 24.5. The van der Waals surface area contributed by atoms with Gasteiger partial charge in [0.15, 0.2) is 0 Å². The second-order valence-electron chi connectivity index (χ2n) is 11.2. The number of alkyl halides is 3. The number of pyridine rings is 1. The van der Waals surface area contributed by atoms with Crippen LogP contribution in [0.5, 0.6) is 11.5 Å². The Morgan fingerprint density at radius 3 is 2.53 bits per heavy atom. The number of halogens is 4. The van der Waals surface area contributed by atoms with Crippen molar-refractivity contribution in [1.29, 1.82) is 0 Å². The molecule has 2 amide bonds. The molecule has 1 saturated carbocycles. The van der Waals surface area contributed by atoms with Gasteiger partial charge in [0, 0.05) is 28.5 Å². The van der Waals surface area contributed by atoms with E-state index in [9.17, 15) is 32.3 Å². The molecule has 9 nitrogen and oxygen atoms in total. The molecule has 0 saturated heterocycles. The summed E-state index contributed by atoms with van der Waals surface area (Å²) in [6, 6.07) is 10.1. The van der Waals surface area contributed by atoms with E-state index < -0.39 is 47.1 Å². The Labute approximate surface area is 258 Å². The molecule has 1 aliphatic heterocycles. The minimum absolute atomic E-state index is 0.00653. The number of nitrogens with one attached hydrogen (secondary N) is 1. The number of hydrogen-bond donors (Lipinski definition) is 3. The van der Waals surface area contributed by atoms with Gasteiger partial charge in [-0.15, -0.1) is 11.3 Å². The summed E-state index contributed by atoms with van der Waals surface area (Å²) in [5.41, 5.74) is 1.72. The van der Waals surface area contributed by atoms with Crippen LogP contribution in [0.2, 0.25) is 0 Å². The Morgan fingerprint density at radius 2 is 1.91 bits per heavy atom. The van der Waals surface area contributed by atoms with Gasteiger partial charge in [0.05, 0.1) is 28.7 Å². The first-order valence-corrected chi connectivity index (χ1v) is 14.7. The Bertz CT molecular complexity index is 1780. The van der Waals surface area contributed by atoms with Gasteiger partial charge in [0.25, 0.3) is 5.91 Å². The van der Waals surface area contributed by atoms with E-state index in [-0.39, 0.29) is 40.8 Å². The normalized spacial score (nSPS) is 18.9. The van der Waals surface area contributed by atoms with Crippen molar-refractivity contribution in [3.63, 3.8) is 0 Å². The Hall–Kier alpha value is -4.56. The van der Waals surface area contributed by atoms with Crippen molar-refractivity contribution >= 4 is 23.2 Å². The fraction of sp³-hybridized carbons (Fsp3) is 0.290. The van der Waals surface area contributed by atoms with E-state index in [1.807, 2.05) is 0 Å². The lowest BCUT2D eigenvalue weighted by Gasteiger charge is -2.31. The quantitative estimate of drug-likeness (QED) is 0.222. The molecule has 0 bridgehead atoms. The highest BCUT2D eigenvalue weighted by Gasteiger charge is 2.57. The van der Waals surface area contributed by atoms with Gasteiger partial charge in [-0.2, -0.15) is 13.2 Å². The van der Waals surface area contributed by atoms with Crippen molar-refractivity contribution in [2.24, 2.45) is 5.73 Å². The van der Waals surface area contributed by atoms with E-state index in [0.717, 1.165) is 35.9 Å². The van der Waals surface area contributed by atoms with E-state index in [0.29, 0.717) is 11.3 Å².